The van der Waals surface area contributed by atoms with Crippen molar-refractivity contribution in [2.45, 2.75) is 111 Å². The average Bonchev–Trinajstić information content (AvgIpc) is 3.20. The van der Waals surface area contributed by atoms with Gasteiger partial charge in [0.1, 0.15) is 0 Å². The monoisotopic (exact) mass is 831 g/mol. The van der Waals surface area contributed by atoms with Gasteiger partial charge >= 0.3 is 0 Å². The molecule has 62 heavy (non-hydrogen) atoms. The van der Waals surface area contributed by atoms with Gasteiger partial charge in [-0.25, -0.2) is 0 Å². The maximum Gasteiger partial charge on any atom is 0.0708 e. The summed E-state index contributed by atoms with van der Waals surface area (Å²) in [7, 11) is 0. The van der Waals surface area contributed by atoms with Gasteiger partial charge in [-0.05, 0) is 74.2 Å². The molecule has 4 heterocycles. The molecule has 4 nitrogen and oxygen atoms in total. The van der Waals surface area contributed by atoms with E-state index in [1.807, 2.05) is 116 Å². The summed E-state index contributed by atoms with van der Waals surface area (Å²) in [6.07, 6.45) is 10.9. The van der Waals surface area contributed by atoms with Gasteiger partial charge < -0.3 is 0 Å². The Morgan fingerprint density at radius 1 is 0.290 bits per heavy atom. The lowest BCUT2D eigenvalue weighted by molar-refractivity contribution is 0.469. The van der Waals surface area contributed by atoms with Crippen LogP contribution in [0.2, 0.25) is 0 Å². The van der Waals surface area contributed by atoms with Crippen LogP contribution in [0.25, 0.3) is 43.7 Å². The number of aromatic nitrogens is 4. The highest BCUT2D eigenvalue weighted by atomic mass is 14.7. The van der Waals surface area contributed by atoms with Crippen LogP contribution in [-0.4, -0.2) is 19.9 Å². The first-order chi connectivity index (χ1) is 28.9. The third kappa shape index (κ3) is 32.1. The van der Waals surface area contributed by atoms with Crippen molar-refractivity contribution in [2.24, 2.45) is 21.7 Å². The Morgan fingerprint density at radius 3 is 1.18 bits per heavy atom. The first-order valence-electron chi connectivity index (χ1n) is 21.7. The van der Waals surface area contributed by atoms with E-state index in [0.717, 1.165) is 16.8 Å². The van der Waals surface area contributed by atoms with Gasteiger partial charge in [0.05, 0.1) is 11.2 Å². The lowest BCUT2D eigenvalue weighted by Crippen LogP contribution is -1.93. The molecule has 4 aromatic carbocycles. The van der Waals surface area contributed by atoms with E-state index in [1.165, 1.54) is 26.9 Å². The summed E-state index contributed by atoms with van der Waals surface area (Å²) in [5, 5.41) is 6.15. The summed E-state index contributed by atoms with van der Waals surface area (Å²) in [5.41, 5.74) is 5.25. The van der Waals surface area contributed by atoms with Gasteiger partial charge in [0.25, 0.3) is 0 Å². The van der Waals surface area contributed by atoms with Crippen LogP contribution in [0.15, 0.2) is 183 Å². The van der Waals surface area contributed by atoms with E-state index >= 15 is 0 Å². The minimum absolute atomic E-state index is 0.500. The predicted molar refractivity (Wildman–Crippen MR) is 275 cm³/mol. The summed E-state index contributed by atoms with van der Waals surface area (Å²) >= 11 is 0. The summed E-state index contributed by atoms with van der Waals surface area (Å²) in [5.74, 6) is 0. The number of hydrogen-bond donors (Lipinski definition) is 0. The van der Waals surface area contributed by atoms with E-state index in [1.54, 1.807) is 12.4 Å². The standard InChI is InChI=1S/C13H9N.C11H9N.C9H7N.C5H5N.4C5H12/c1-2-6-11-10(5-1)9-14-13-8-4-3-7-12(11)13;1-2-6-10(7-3-1)11-8-4-5-9-12-11;1-2-4-9-7-10-6-5-8(9)3-1;1-2-4-6-5-3-1;4*1-5(2,3)4/h1-9H;1-9H;1-7H;1-5H;4*1-4H3. The molecule has 0 saturated carbocycles. The Hall–Kier alpha value is -5.74. The highest BCUT2D eigenvalue weighted by Gasteiger charge is 2.00. The summed E-state index contributed by atoms with van der Waals surface area (Å²) < 4.78 is 0. The maximum atomic E-state index is 4.41. The van der Waals surface area contributed by atoms with Crippen LogP contribution in [0, 0.1) is 21.7 Å². The van der Waals surface area contributed by atoms with Crippen molar-refractivity contribution in [3.63, 3.8) is 0 Å². The van der Waals surface area contributed by atoms with Crippen molar-refractivity contribution >= 4 is 32.4 Å². The first kappa shape index (κ1) is 54.3. The van der Waals surface area contributed by atoms with Crippen LogP contribution in [0.5, 0.6) is 0 Å². The molecule has 8 rings (SSSR count). The Bertz CT molecular complexity index is 2050. The summed E-state index contributed by atoms with van der Waals surface area (Å²) in [6, 6.07) is 48.6. The summed E-state index contributed by atoms with van der Waals surface area (Å²) in [6.45, 7) is 35.0. The molecule has 0 bridgehead atoms. The van der Waals surface area contributed by atoms with Gasteiger partial charge in [0.15, 0.2) is 0 Å². The minimum atomic E-state index is 0.500. The number of benzene rings is 4. The Kier molecular flexibility index (Phi) is 24.5. The van der Waals surface area contributed by atoms with Gasteiger partial charge in [-0.15, -0.1) is 0 Å². The fraction of sp³-hybridized carbons (Fsp3) is 0.345. The molecular formula is C58H78N4. The van der Waals surface area contributed by atoms with E-state index < -0.39 is 0 Å². The summed E-state index contributed by atoms with van der Waals surface area (Å²) in [4.78, 5) is 16.5. The van der Waals surface area contributed by atoms with E-state index in [2.05, 4.69) is 185 Å². The van der Waals surface area contributed by atoms with Crippen LogP contribution in [0.3, 0.4) is 0 Å². The van der Waals surface area contributed by atoms with Crippen LogP contribution < -0.4 is 0 Å². The fourth-order valence-corrected chi connectivity index (χ4v) is 4.29. The molecule has 0 N–H and O–H groups in total. The van der Waals surface area contributed by atoms with Crippen LogP contribution in [0.1, 0.15) is 111 Å². The second kappa shape index (κ2) is 28.0. The van der Waals surface area contributed by atoms with Crippen molar-refractivity contribution in [3.05, 3.63) is 183 Å². The maximum absolute atomic E-state index is 4.41. The molecule has 330 valence electrons. The lowest BCUT2D eigenvalue weighted by atomic mass is 10.0. The van der Waals surface area contributed by atoms with E-state index in [0.29, 0.717) is 21.7 Å². The van der Waals surface area contributed by atoms with Crippen molar-refractivity contribution in [3.8, 4) is 11.3 Å². The average molecular weight is 831 g/mol. The molecule has 0 radical (unpaired) electrons. The largest absolute Gasteiger partial charge is 0.265 e. The molecule has 0 fully saturated rings. The number of hydrogen-bond acceptors (Lipinski definition) is 4. The van der Waals surface area contributed by atoms with Crippen molar-refractivity contribution in [1.29, 1.82) is 0 Å². The van der Waals surface area contributed by atoms with Crippen molar-refractivity contribution < 1.29 is 0 Å². The quantitative estimate of drug-likeness (QED) is 0.155. The van der Waals surface area contributed by atoms with Gasteiger partial charge in [0.2, 0.25) is 0 Å². The molecule has 0 aliphatic carbocycles. The zero-order valence-electron chi connectivity index (χ0n) is 41.1. The smallest absolute Gasteiger partial charge is 0.0708 e. The lowest BCUT2D eigenvalue weighted by Gasteiger charge is -2.05. The molecule has 0 aliphatic heterocycles. The molecule has 0 saturated heterocycles. The van der Waals surface area contributed by atoms with Gasteiger partial charge in [-0.3, -0.25) is 19.9 Å². The second-order valence-electron chi connectivity index (χ2n) is 21.2. The molecule has 0 spiro atoms. The Balaban J connectivity index is 0.000000370. The molecule has 0 unspecified atom stereocenters. The zero-order chi connectivity index (χ0) is 46.7. The molecule has 0 aliphatic rings. The molecule has 0 amide bonds. The van der Waals surface area contributed by atoms with Crippen molar-refractivity contribution in [2.75, 3.05) is 0 Å². The van der Waals surface area contributed by atoms with Crippen LogP contribution >= 0.6 is 0 Å². The van der Waals surface area contributed by atoms with Gasteiger partial charge in [0, 0.05) is 53.5 Å². The minimum Gasteiger partial charge on any atom is -0.265 e. The first-order valence-corrected chi connectivity index (χ1v) is 21.7. The van der Waals surface area contributed by atoms with Gasteiger partial charge in [-0.2, -0.15) is 0 Å². The fourth-order valence-electron chi connectivity index (χ4n) is 4.29. The van der Waals surface area contributed by atoms with E-state index in [4.69, 9.17) is 0 Å². The topological polar surface area (TPSA) is 51.6 Å². The predicted octanol–water partition coefficient (Wildman–Crippen LogP) is 17.7. The van der Waals surface area contributed by atoms with Crippen molar-refractivity contribution in [1.82, 2.24) is 19.9 Å². The Morgan fingerprint density at radius 2 is 0.710 bits per heavy atom. The zero-order valence-corrected chi connectivity index (χ0v) is 41.1. The highest BCUT2D eigenvalue weighted by Crippen LogP contribution is 2.22. The highest BCUT2D eigenvalue weighted by molar-refractivity contribution is 6.05. The number of nitrogens with zero attached hydrogens (tertiary/aromatic N) is 4. The second-order valence-corrected chi connectivity index (χ2v) is 21.2. The molecule has 4 heteroatoms. The normalized spacial score (nSPS) is 10.6. The third-order valence-corrected chi connectivity index (χ3v) is 6.35. The van der Waals surface area contributed by atoms with Crippen LogP contribution in [0.4, 0.5) is 0 Å². The van der Waals surface area contributed by atoms with Gasteiger partial charge in [-0.1, -0.05) is 220 Å². The number of para-hydroxylation sites is 1. The number of fused-ring (bicyclic) bond motifs is 4. The number of pyridine rings is 4. The van der Waals surface area contributed by atoms with E-state index in [9.17, 15) is 0 Å². The Labute approximate surface area is 377 Å². The van der Waals surface area contributed by atoms with Crippen LogP contribution in [-0.2, 0) is 0 Å². The molecule has 8 aromatic rings. The molecule has 0 atom stereocenters. The molecular weight excluding hydrogens is 753 g/mol. The molecule has 4 aromatic heterocycles. The number of rotatable bonds is 1. The SMILES string of the molecule is CC(C)(C)C.CC(C)(C)C.CC(C)(C)C.CC(C)(C)C.c1ccc(-c2ccccn2)cc1.c1ccc2c(c1)cnc1ccccc12.c1ccc2cnccc2c1.c1ccncc1. The van der Waals surface area contributed by atoms with E-state index in [-0.39, 0.29) is 0 Å². The third-order valence-electron chi connectivity index (χ3n) is 6.35.